The molecule has 5 N–H and O–H groups in total. The summed E-state index contributed by atoms with van der Waals surface area (Å²) in [5, 5.41) is 2.13. The number of guanidine groups is 1. The predicted molar refractivity (Wildman–Crippen MR) is 155 cm³/mol. The van der Waals surface area contributed by atoms with Gasteiger partial charge in [0.05, 0.1) is 25.4 Å². The second kappa shape index (κ2) is 9.97. The van der Waals surface area contributed by atoms with Crippen molar-refractivity contribution < 1.29 is 13.9 Å². The number of ether oxygens (including phenoxy) is 2. The molecular formula is C29H36FN9O2. The fraction of sp³-hybridized carbons (Fsp3) is 0.483. The van der Waals surface area contributed by atoms with E-state index < -0.39 is 5.79 Å². The highest BCUT2D eigenvalue weighted by Crippen LogP contribution is 2.47. The van der Waals surface area contributed by atoms with E-state index in [4.69, 9.17) is 20.9 Å². The third kappa shape index (κ3) is 4.41. The molecule has 11 nitrogen and oxygen atoms in total. The Balaban J connectivity index is 1.09. The van der Waals surface area contributed by atoms with Crippen LogP contribution in [0.1, 0.15) is 31.2 Å². The molecule has 2 saturated carbocycles. The minimum absolute atomic E-state index is 0.0866. The summed E-state index contributed by atoms with van der Waals surface area (Å²) < 4.78 is 26.4. The van der Waals surface area contributed by atoms with Crippen molar-refractivity contribution in [3.05, 3.63) is 48.0 Å². The summed E-state index contributed by atoms with van der Waals surface area (Å²) in [4.78, 5) is 18.0. The van der Waals surface area contributed by atoms with E-state index in [0.717, 1.165) is 44.1 Å². The van der Waals surface area contributed by atoms with Crippen LogP contribution in [0.2, 0.25) is 0 Å². The van der Waals surface area contributed by atoms with Gasteiger partial charge in [0.15, 0.2) is 17.3 Å². The van der Waals surface area contributed by atoms with Crippen LogP contribution in [0.25, 0.3) is 10.9 Å². The van der Waals surface area contributed by atoms with Crippen molar-refractivity contribution in [3.8, 4) is 11.5 Å². The fourth-order valence-electron chi connectivity index (χ4n) is 7.27. The first-order chi connectivity index (χ1) is 19.9. The second-order valence-corrected chi connectivity index (χ2v) is 11.5. The molecule has 2 aromatic carbocycles. The van der Waals surface area contributed by atoms with Crippen LogP contribution in [-0.2, 0) is 5.79 Å². The molecule has 0 radical (unpaired) electrons. The van der Waals surface area contributed by atoms with Gasteiger partial charge in [-0.25, -0.2) is 24.4 Å². The lowest BCUT2D eigenvalue weighted by Gasteiger charge is -2.42. The SMILES string of the molecule is COc1cc2ncnc(N3NC(N)(c4ccc(N5CCN(C6CC7CCC6C7)CC5)c(F)c4)N=C3N)c2cc1OC. The summed E-state index contributed by atoms with van der Waals surface area (Å²) in [5.41, 5.74) is 17.8. The molecule has 2 bridgehead atoms. The number of piperazine rings is 1. The van der Waals surface area contributed by atoms with Crippen LogP contribution < -0.4 is 36.3 Å². The van der Waals surface area contributed by atoms with Crippen LogP contribution in [0.15, 0.2) is 41.7 Å². The standard InChI is InChI=1S/C29H36FN9O2/c1-40-25-14-20-22(15-26(25)41-2)33-16-34-27(20)39-28(31)35-29(32,36-39)19-5-6-23(21(30)13-19)37-7-9-38(10-8-37)24-12-17-3-4-18(24)11-17/h5-6,13-18,24,36H,3-4,7-12,32H2,1-2H3,(H2,31,35). The molecule has 2 aliphatic heterocycles. The molecule has 41 heavy (non-hydrogen) atoms. The van der Waals surface area contributed by atoms with Crippen LogP contribution in [-0.4, -0.2) is 67.3 Å². The number of aromatic nitrogens is 2. The number of nitrogens with two attached hydrogens (primary N) is 2. The number of rotatable bonds is 6. The highest BCUT2D eigenvalue weighted by molar-refractivity contribution is 6.03. The minimum atomic E-state index is -1.49. The molecule has 3 heterocycles. The number of hydrazine groups is 1. The van der Waals surface area contributed by atoms with E-state index in [1.807, 2.05) is 0 Å². The number of methoxy groups -OCH3 is 2. The average molecular weight is 562 g/mol. The van der Waals surface area contributed by atoms with Gasteiger partial charge in [0.1, 0.15) is 12.1 Å². The van der Waals surface area contributed by atoms with Gasteiger partial charge in [-0.2, -0.15) is 5.43 Å². The summed E-state index contributed by atoms with van der Waals surface area (Å²) in [6.07, 6.45) is 6.94. The summed E-state index contributed by atoms with van der Waals surface area (Å²) in [6.45, 7) is 3.56. The Kier molecular flexibility index (Phi) is 6.36. The second-order valence-electron chi connectivity index (χ2n) is 11.5. The first-order valence-corrected chi connectivity index (χ1v) is 14.2. The van der Waals surface area contributed by atoms with Crippen LogP contribution in [0, 0.1) is 17.7 Å². The molecule has 0 amide bonds. The number of hydrogen-bond acceptors (Lipinski definition) is 11. The van der Waals surface area contributed by atoms with Crippen LogP contribution in [0.4, 0.5) is 15.9 Å². The van der Waals surface area contributed by atoms with E-state index in [-0.39, 0.29) is 11.8 Å². The lowest BCUT2D eigenvalue weighted by Crippen LogP contribution is -2.53. The molecule has 1 saturated heterocycles. The Morgan fingerprint density at radius 1 is 1.00 bits per heavy atom. The fourth-order valence-corrected chi connectivity index (χ4v) is 7.27. The molecule has 216 valence electrons. The molecule has 4 aliphatic rings. The van der Waals surface area contributed by atoms with E-state index in [0.29, 0.717) is 39.5 Å². The highest BCUT2D eigenvalue weighted by Gasteiger charge is 2.43. The summed E-state index contributed by atoms with van der Waals surface area (Å²) in [6, 6.07) is 9.27. The van der Waals surface area contributed by atoms with Crippen LogP contribution in [0.3, 0.4) is 0 Å². The first-order valence-electron chi connectivity index (χ1n) is 14.2. The molecule has 1 aromatic heterocycles. The summed E-state index contributed by atoms with van der Waals surface area (Å²) in [7, 11) is 3.12. The number of fused-ring (bicyclic) bond motifs is 3. The van der Waals surface area contributed by atoms with Crippen molar-refractivity contribution in [2.45, 2.75) is 37.5 Å². The minimum Gasteiger partial charge on any atom is -0.493 e. The predicted octanol–water partition coefficient (Wildman–Crippen LogP) is 2.51. The Labute approximate surface area is 238 Å². The lowest BCUT2D eigenvalue weighted by molar-refractivity contribution is 0.134. The van der Waals surface area contributed by atoms with Gasteiger partial charge < -0.3 is 20.1 Å². The van der Waals surface area contributed by atoms with Crippen LogP contribution in [0.5, 0.6) is 11.5 Å². The quantitative estimate of drug-likeness (QED) is 0.413. The molecule has 4 unspecified atom stereocenters. The number of nitrogens with zero attached hydrogens (tertiary/aromatic N) is 6. The number of nitrogens with one attached hydrogen (secondary N) is 1. The number of hydrogen-bond donors (Lipinski definition) is 3. The van der Waals surface area contributed by atoms with Crippen molar-refractivity contribution in [3.63, 3.8) is 0 Å². The lowest BCUT2D eigenvalue weighted by atomic mass is 9.93. The van der Waals surface area contributed by atoms with E-state index in [2.05, 4.69) is 30.2 Å². The zero-order valence-electron chi connectivity index (χ0n) is 23.4. The van der Waals surface area contributed by atoms with E-state index >= 15 is 4.39 Å². The number of aliphatic imine (C=N–C) groups is 1. The van der Waals surface area contributed by atoms with Gasteiger partial charge in [-0.05, 0) is 49.3 Å². The van der Waals surface area contributed by atoms with Crippen molar-refractivity contribution >= 4 is 28.4 Å². The van der Waals surface area contributed by atoms with Gasteiger partial charge in [0, 0.05) is 49.2 Å². The molecule has 4 atom stereocenters. The van der Waals surface area contributed by atoms with Gasteiger partial charge in [-0.3, -0.25) is 10.6 Å². The zero-order valence-corrected chi connectivity index (χ0v) is 23.4. The topological polar surface area (TPSA) is 130 Å². The van der Waals surface area contributed by atoms with Gasteiger partial charge in [-0.15, -0.1) is 0 Å². The molecule has 3 fully saturated rings. The number of anilines is 2. The Morgan fingerprint density at radius 2 is 1.78 bits per heavy atom. The van der Waals surface area contributed by atoms with Gasteiger partial charge in [0.25, 0.3) is 0 Å². The molecular weight excluding hydrogens is 525 g/mol. The van der Waals surface area contributed by atoms with E-state index in [1.165, 1.54) is 43.1 Å². The van der Waals surface area contributed by atoms with E-state index in [1.54, 1.807) is 38.5 Å². The molecule has 12 heteroatoms. The Hall–Kier alpha value is -3.74. The maximum atomic E-state index is 15.6. The van der Waals surface area contributed by atoms with E-state index in [9.17, 15) is 0 Å². The van der Waals surface area contributed by atoms with Crippen molar-refractivity contribution in [1.29, 1.82) is 0 Å². The Morgan fingerprint density at radius 3 is 2.46 bits per heavy atom. The molecule has 7 rings (SSSR count). The normalized spacial score (nSPS) is 28.0. The van der Waals surface area contributed by atoms with Crippen molar-refractivity contribution in [1.82, 2.24) is 20.3 Å². The monoisotopic (exact) mass is 561 g/mol. The van der Waals surface area contributed by atoms with Gasteiger partial charge >= 0.3 is 0 Å². The molecule has 0 spiro atoms. The molecule has 2 aliphatic carbocycles. The molecule has 3 aromatic rings. The van der Waals surface area contributed by atoms with Crippen LogP contribution >= 0.6 is 0 Å². The highest BCUT2D eigenvalue weighted by atomic mass is 19.1. The van der Waals surface area contributed by atoms with Crippen molar-refractivity contribution in [2.24, 2.45) is 28.3 Å². The third-order valence-electron chi connectivity index (χ3n) is 9.35. The summed E-state index contributed by atoms with van der Waals surface area (Å²) in [5.74, 6) is 1.53. The third-order valence-corrected chi connectivity index (χ3v) is 9.35. The largest absolute Gasteiger partial charge is 0.493 e. The van der Waals surface area contributed by atoms with Crippen molar-refractivity contribution in [2.75, 3.05) is 50.3 Å². The number of halogens is 1. The van der Waals surface area contributed by atoms with Gasteiger partial charge in [0.2, 0.25) is 11.7 Å². The number of benzene rings is 2. The average Bonchev–Trinajstić information content (AvgIpc) is 3.71. The zero-order chi connectivity index (χ0) is 28.3. The summed E-state index contributed by atoms with van der Waals surface area (Å²) >= 11 is 0. The maximum Gasteiger partial charge on any atom is 0.215 e. The smallest absolute Gasteiger partial charge is 0.215 e. The first kappa shape index (κ1) is 26.2. The maximum absolute atomic E-state index is 15.6. The van der Waals surface area contributed by atoms with Gasteiger partial charge in [-0.1, -0.05) is 12.5 Å². The Bertz CT molecular complexity index is 1510.